The van der Waals surface area contributed by atoms with Crippen LogP contribution in [0, 0.1) is 11.7 Å². The van der Waals surface area contributed by atoms with Crippen LogP contribution in [-0.4, -0.2) is 86.7 Å². The van der Waals surface area contributed by atoms with Gasteiger partial charge < -0.3 is 24.4 Å². The summed E-state index contributed by atoms with van der Waals surface area (Å²) in [7, 11) is -3.19. The summed E-state index contributed by atoms with van der Waals surface area (Å²) in [4.78, 5) is 39.7. The van der Waals surface area contributed by atoms with Crippen LogP contribution in [0.1, 0.15) is 53.2 Å². The van der Waals surface area contributed by atoms with E-state index in [4.69, 9.17) is 4.74 Å². The van der Waals surface area contributed by atoms with E-state index in [0.717, 1.165) is 24.3 Å². The fourth-order valence-corrected chi connectivity index (χ4v) is 9.17. The molecule has 0 aliphatic carbocycles. The highest BCUT2D eigenvalue weighted by Gasteiger charge is 2.73. The molecule has 3 aromatic carbocycles. The monoisotopic (exact) mass is 788 g/mol. The molecule has 0 spiro atoms. The van der Waals surface area contributed by atoms with Crippen molar-refractivity contribution in [3.8, 4) is 5.75 Å². The number of sulfone groups is 1. The summed E-state index contributed by atoms with van der Waals surface area (Å²) in [6, 6.07) is 9.90. The highest BCUT2D eigenvalue weighted by Crippen LogP contribution is 2.54. The summed E-state index contributed by atoms with van der Waals surface area (Å²) in [5.74, 6) is -4.08. The van der Waals surface area contributed by atoms with E-state index < -0.39 is 86.0 Å². The summed E-state index contributed by atoms with van der Waals surface area (Å²) < 4.78 is 140. The largest absolute Gasteiger partial charge is 0.497 e. The van der Waals surface area contributed by atoms with E-state index in [2.05, 4.69) is 4.74 Å². The molecule has 1 atom stereocenters. The molecule has 2 saturated heterocycles. The Labute approximate surface area is 305 Å². The fourth-order valence-electron chi connectivity index (χ4n) is 7.09. The number of aromatic carboxylic acids is 1. The first-order chi connectivity index (χ1) is 25.2. The molecular formula is C36H35F7N2O8S. The molecule has 2 heterocycles. The van der Waals surface area contributed by atoms with Gasteiger partial charge in [-0.15, -0.1) is 0 Å². The predicted molar refractivity (Wildman–Crippen MR) is 176 cm³/mol. The van der Waals surface area contributed by atoms with E-state index in [9.17, 15) is 58.6 Å². The minimum atomic E-state index is -6.25. The Morgan fingerprint density at radius 2 is 1.46 bits per heavy atom. The lowest BCUT2D eigenvalue weighted by Crippen LogP contribution is -2.56. The topological polar surface area (TPSA) is 131 Å². The number of likely N-dealkylation sites (tertiary alicyclic amines) is 2. The van der Waals surface area contributed by atoms with Gasteiger partial charge in [0.25, 0.3) is 5.60 Å². The smallest absolute Gasteiger partial charge is 0.430 e. The molecule has 1 N–H and O–H groups in total. The van der Waals surface area contributed by atoms with Gasteiger partial charge >= 0.3 is 18.3 Å². The quantitative estimate of drug-likeness (QED) is 0.240. The fraction of sp³-hybridized carbons (Fsp3) is 0.417. The van der Waals surface area contributed by atoms with E-state index in [0.29, 0.717) is 49.9 Å². The summed E-state index contributed by atoms with van der Waals surface area (Å²) in [5.41, 5.74) is -8.86. The molecule has 54 heavy (non-hydrogen) atoms. The van der Waals surface area contributed by atoms with Crippen LogP contribution in [0.3, 0.4) is 0 Å². The van der Waals surface area contributed by atoms with Crippen molar-refractivity contribution < 1.29 is 68.1 Å². The van der Waals surface area contributed by atoms with Crippen LogP contribution >= 0.6 is 0 Å². The second-order valence-corrected chi connectivity index (χ2v) is 15.3. The Hall–Kier alpha value is -4.71. The molecule has 0 saturated carbocycles. The number of halogens is 7. The number of hydrogen-bond donors (Lipinski definition) is 1. The van der Waals surface area contributed by atoms with E-state index in [-0.39, 0.29) is 29.3 Å². The minimum absolute atomic E-state index is 0.115. The van der Waals surface area contributed by atoms with Gasteiger partial charge in [0.15, 0.2) is 9.84 Å². The van der Waals surface area contributed by atoms with Crippen molar-refractivity contribution in [3.05, 3.63) is 94.8 Å². The zero-order valence-corrected chi connectivity index (χ0v) is 29.7. The molecule has 3 aromatic rings. The van der Waals surface area contributed by atoms with E-state index in [1.807, 2.05) is 0 Å². The number of benzene rings is 3. The molecule has 0 bridgehead atoms. The number of carboxylic acids is 1. The van der Waals surface area contributed by atoms with E-state index >= 15 is 0 Å². The Balaban J connectivity index is 1.58. The molecule has 2 amide bonds. The number of nitrogens with zero attached hydrogens (tertiary/aromatic N) is 2. The van der Waals surface area contributed by atoms with Crippen LogP contribution in [0.2, 0.25) is 0 Å². The molecule has 0 unspecified atom stereocenters. The maximum absolute atomic E-state index is 14.7. The summed E-state index contributed by atoms with van der Waals surface area (Å²) in [6.07, 6.45) is -12.2. The van der Waals surface area contributed by atoms with Crippen LogP contribution in [0.15, 0.2) is 71.6 Å². The number of carboxylic acid groups (broad SMARTS) is 1. The number of carbonyl (C=O) groups excluding carboxylic acids is 2. The molecule has 5 rings (SSSR count). The van der Waals surface area contributed by atoms with Gasteiger partial charge in [-0.25, -0.2) is 17.6 Å². The molecule has 2 fully saturated rings. The number of methoxy groups -OCH3 is 1. The lowest BCUT2D eigenvalue weighted by atomic mass is 9.88. The zero-order chi connectivity index (χ0) is 39.9. The van der Waals surface area contributed by atoms with E-state index in [1.54, 1.807) is 4.90 Å². The molecule has 2 aliphatic heterocycles. The first kappa shape index (κ1) is 40.5. The normalized spacial score (nSPS) is 18.8. The maximum atomic E-state index is 14.7. The van der Waals surface area contributed by atoms with Crippen LogP contribution in [0.5, 0.6) is 5.75 Å². The summed E-state index contributed by atoms with van der Waals surface area (Å²) in [5, 5.41) is 9.39. The standard InChI is InChI=1S/C36H35F7N2O8S/c1-22(46)44-17-14-23(15-18-44)31(47)45-19-16-33(21-45,54(50,51)27-12-10-26(52-2)11-13-27)24-6-8-25(9-7-24)34(35(38,39)40,36(41,42)43)53-20-29-28(32(48)49)4-3-5-30(29)37/h3-13,23H,14-21H2,1-2H3,(H,48,49)/t33-/m0/s1. The molecule has 0 aromatic heterocycles. The zero-order valence-electron chi connectivity index (χ0n) is 28.8. The lowest BCUT2D eigenvalue weighted by Gasteiger charge is -2.38. The van der Waals surface area contributed by atoms with Gasteiger partial charge in [0.1, 0.15) is 16.3 Å². The van der Waals surface area contributed by atoms with Crippen LogP contribution < -0.4 is 4.74 Å². The number of carbonyl (C=O) groups is 3. The second kappa shape index (κ2) is 14.8. The van der Waals surface area contributed by atoms with Crippen molar-refractivity contribution in [1.29, 1.82) is 0 Å². The molecule has 0 radical (unpaired) electrons. The Bertz CT molecular complexity index is 1980. The first-order valence-electron chi connectivity index (χ1n) is 16.5. The van der Waals surface area contributed by atoms with Crippen molar-refractivity contribution in [2.45, 2.75) is 60.4 Å². The third kappa shape index (κ3) is 7.12. The SMILES string of the molecule is COc1ccc(S(=O)(=O)[C@@]2(c3ccc(C(OCc4c(F)cccc4C(=O)O)(C(F)(F)F)C(F)(F)F)cc3)CCN(C(=O)C3CCN(C(C)=O)CC3)C2)cc1. The second-order valence-electron chi connectivity index (χ2n) is 13.1. The van der Waals surface area contributed by atoms with Gasteiger partial charge in [-0.1, -0.05) is 30.3 Å². The van der Waals surface area contributed by atoms with Gasteiger partial charge in [0.2, 0.25) is 11.8 Å². The minimum Gasteiger partial charge on any atom is -0.497 e. The highest BCUT2D eigenvalue weighted by molar-refractivity contribution is 7.92. The average Bonchev–Trinajstić information content (AvgIpc) is 3.58. The molecule has 10 nitrogen and oxygen atoms in total. The first-order valence-corrected chi connectivity index (χ1v) is 18.0. The summed E-state index contributed by atoms with van der Waals surface area (Å²) >= 11 is 0. The summed E-state index contributed by atoms with van der Waals surface area (Å²) in [6.45, 7) is -0.370. The van der Waals surface area contributed by atoms with Crippen molar-refractivity contribution >= 4 is 27.6 Å². The Kier molecular flexibility index (Phi) is 11.1. The van der Waals surface area contributed by atoms with Gasteiger partial charge in [-0.05, 0) is 61.2 Å². The molecular weight excluding hydrogens is 753 g/mol. The number of rotatable bonds is 10. The van der Waals surface area contributed by atoms with Crippen molar-refractivity contribution in [2.75, 3.05) is 33.3 Å². The maximum Gasteiger partial charge on any atom is 0.430 e. The van der Waals surface area contributed by atoms with Crippen molar-refractivity contribution in [2.24, 2.45) is 5.92 Å². The third-order valence-electron chi connectivity index (χ3n) is 10.1. The molecule has 292 valence electrons. The Morgan fingerprint density at radius 1 is 0.870 bits per heavy atom. The number of piperidine rings is 1. The van der Waals surface area contributed by atoms with Crippen molar-refractivity contribution in [1.82, 2.24) is 9.80 Å². The average molecular weight is 789 g/mol. The lowest BCUT2D eigenvalue weighted by molar-refractivity contribution is -0.392. The number of alkyl halides is 6. The van der Waals surface area contributed by atoms with Gasteiger partial charge in [-0.3, -0.25) is 9.59 Å². The predicted octanol–water partition coefficient (Wildman–Crippen LogP) is 6.23. The van der Waals surface area contributed by atoms with Gasteiger partial charge in [0, 0.05) is 50.1 Å². The third-order valence-corrected chi connectivity index (χ3v) is 12.6. The van der Waals surface area contributed by atoms with Crippen molar-refractivity contribution in [3.63, 3.8) is 0 Å². The van der Waals surface area contributed by atoms with Gasteiger partial charge in [-0.2, -0.15) is 26.3 Å². The molecule has 18 heteroatoms. The van der Waals surface area contributed by atoms with Gasteiger partial charge in [0.05, 0.1) is 24.2 Å². The van der Waals surface area contributed by atoms with E-state index in [1.165, 1.54) is 43.2 Å². The van der Waals surface area contributed by atoms with Crippen LogP contribution in [0.4, 0.5) is 30.7 Å². The Morgan fingerprint density at radius 3 is 1.98 bits per heavy atom. The number of ether oxygens (including phenoxy) is 2. The number of amides is 2. The number of hydrogen-bond acceptors (Lipinski definition) is 7. The van der Waals surface area contributed by atoms with Crippen LogP contribution in [-0.2, 0) is 41.1 Å². The highest BCUT2D eigenvalue weighted by atomic mass is 32.2. The molecule has 2 aliphatic rings. The van der Waals surface area contributed by atoms with Crippen LogP contribution in [0.25, 0.3) is 0 Å².